The first-order chi connectivity index (χ1) is 3.93. The summed E-state index contributed by atoms with van der Waals surface area (Å²) in [6.45, 7) is 2.10. The number of hydrogen-bond acceptors (Lipinski definition) is 1. The Labute approximate surface area is 61.0 Å². The van der Waals surface area contributed by atoms with Crippen LogP contribution in [0.15, 0.2) is 17.4 Å². The summed E-state index contributed by atoms with van der Waals surface area (Å²) in [5.41, 5.74) is 0. The summed E-state index contributed by atoms with van der Waals surface area (Å²) in [6.07, 6.45) is 8.59. The molecule has 0 unspecified atom stereocenters. The zero-order chi connectivity index (χ0) is 5.82. The van der Waals surface area contributed by atoms with E-state index in [1.54, 1.807) is 12.5 Å². The average molecular weight is 145 g/mol. The Bertz CT molecular complexity index is 144. The van der Waals surface area contributed by atoms with Crippen molar-refractivity contribution in [1.29, 1.82) is 0 Å². The first-order valence-corrected chi connectivity index (χ1v) is 2.74. The third-order valence-electron chi connectivity index (χ3n) is 0.918. The molecule has 0 bridgehead atoms. The quantitative estimate of drug-likeness (QED) is 0.379. The highest BCUT2D eigenvalue weighted by molar-refractivity contribution is 5.61. The molecule has 0 saturated heterocycles. The van der Waals surface area contributed by atoms with E-state index in [1.165, 1.54) is 0 Å². The Morgan fingerprint density at radius 3 is 2.89 bits per heavy atom. The molecule has 9 heavy (non-hydrogen) atoms. The minimum atomic E-state index is 0. The molecular weight excluding hydrogens is 136 g/mol. The highest BCUT2D eigenvalue weighted by Crippen LogP contribution is 1.84. The lowest BCUT2D eigenvalue weighted by molar-refractivity contribution is -0.304. The van der Waals surface area contributed by atoms with Crippen LogP contribution in [0.25, 0.3) is 0 Å². The van der Waals surface area contributed by atoms with E-state index in [0.29, 0.717) is 0 Å². The van der Waals surface area contributed by atoms with Crippen molar-refractivity contribution in [3.05, 3.63) is 12.4 Å². The highest BCUT2D eigenvalue weighted by atomic mass is 35.5. The van der Waals surface area contributed by atoms with Gasteiger partial charge >= 0.3 is 0 Å². The second-order valence-electron chi connectivity index (χ2n) is 1.60. The fourth-order valence-corrected chi connectivity index (χ4v) is 0.588. The van der Waals surface area contributed by atoms with Gasteiger partial charge in [0.2, 0.25) is 0 Å². The van der Waals surface area contributed by atoms with Gasteiger partial charge in [-0.05, 0) is 6.42 Å². The number of halogens is 1. The third kappa shape index (κ3) is 2.42. The molecule has 1 heterocycles. The van der Waals surface area contributed by atoms with Crippen molar-refractivity contribution in [3.8, 4) is 0 Å². The fraction of sp³-hybridized carbons (Fsp3) is 0.333. The van der Waals surface area contributed by atoms with E-state index in [9.17, 15) is 0 Å². The van der Waals surface area contributed by atoms with Gasteiger partial charge in [0, 0.05) is 0 Å². The zero-order valence-electron chi connectivity index (χ0n) is 5.29. The summed E-state index contributed by atoms with van der Waals surface area (Å²) >= 11 is 0. The SMILES string of the molecule is CCC=[N+]1C=CN=C1.[Cl-]. The van der Waals surface area contributed by atoms with Crippen LogP contribution in [0.3, 0.4) is 0 Å². The molecule has 0 spiro atoms. The molecule has 2 nitrogen and oxygen atoms in total. The van der Waals surface area contributed by atoms with Gasteiger partial charge in [0.15, 0.2) is 6.20 Å². The Morgan fingerprint density at radius 1 is 1.67 bits per heavy atom. The lowest BCUT2D eigenvalue weighted by Gasteiger charge is -1.79. The van der Waals surface area contributed by atoms with Crippen LogP contribution < -0.4 is 12.4 Å². The van der Waals surface area contributed by atoms with Crippen LogP contribution in [0, 0.1) is 0 Å². The first-order valence-electron chi connectivity index (χ1n) is 2.74. The van der Waals surface area contributed by atoms with Gasteiger partial charge in [-0.15, -0.1) is 0 Å². The molecule has 50 valence electrons. The first kappa shape index (κ1) is 8.37. The van der Waals surface area contributed by atoms with Gasteiger partial charge < -0.3 is 12.4 Å². The van der Waals surface area contributed by atoms with E-state index in [-0.39, 0.29) is 12.4 Å². The number of aliphatic imine (C=N–C) groups is 1. The van der Waals surface area contributed by atoms with E-state index in [2.05, 4.69) is 18.1 Å². The average Bonchev–Trinajstić information content (AvgIpc) is 2.19. The van der Waals surface area contributed by atoms with Crippen molar-refractivity contribution in [3.63, 3.8) is 0 Å². The van der Waals surface area contributed by atoms with Crippen LogP contribution in [-0.4, -0.2) is 17.1 Å². The molecule has 0 radical (unpaired) electrons. The number of rotatable bonds is 1. The largest absolute Gasteiger partial charge is 1.00 e. The molecule has 0 aromatic carbocycles. The number of nitrogens with zero attached hydrogens (tertiary/aromatic N) is 2. The molecule has 0 aromatic heterocycles. The van der Waals surface area contributed by atoms with Gasteiger partial charge in [0.05, 0.1) is 6.21 Å². The summed E-state index contributed by atoms with van der Waals surface area (Å²) in [4.78, 5) is 3.87. The lowest BCUT2D eigenvalue weighted by atomic mass is 10.5. The molecule has 0 saturated carbocycles. The molecule has 0 atom stereocenters. The van der Waals surface area contributed by atoms with E-state index < -0.39 is 0 Å². The van der Waals surface area contributed by atoms with Crippen molar-refractivity contribution in [2.45, 2.75) is 13.3 Å². The van der Waals surface area contributed by atoms with Crippen molar-refractivity contribution in [2.75, 3.05) is 0 Å². The highest BCUT2D eigenvalue weighted by Gasteiger charge is 1.95. The van der Waals surface area contributed by atoms with Crippen molar-refractivity contribution < 1.29 is 17.0 Å². The molecule has 0 amide bonds. The molecule has 3 heteroatoms. The van der Waals surface area contributed by atoms with Crippen LogP contribution in [0.2, 0.25) is 0 Å². The summed E-state index contributed by atoms with van der Waals surface area (Å²) in [5, 5.41) is 0. The summed E-state index contributed by atoms with van der Waals surface area (Å²) < 4.78 is 1.94. The maximum atomic E-state index is 3.87. The molecule has 0 aromatic rings. The molecule has 0 fully saturated rings. The lowest BCUT2D eigenvalue weighted by Crippen LogP contribution is -3.00. The van der Waals surface area contributed by atoms with Crippen LogP contribution in [0.5, 0.6) is 0 Å². The van der Waals surface area contributed by atoms with Gasteiger partial charge in [-0.2, -0.15) is 0 Å². The molecule has 0 aliphatic carbocycles. The zero-order valence-corrected chi connectivity index (χ0v) is 6.04. The minimum absolute atomic E-state index is 0. The summed E-state index contributed by atoms with van der Waals surface area (Å²) in [6, 6.07) is 0. The predicted molar refractivity (Wildman–Crippen MR) is 34.2 cm³/mol. The monoisotopic (exact) mass is 144 g/mol. The van der Waals surface area contributed by atoms with Gasteiger partial charge in [0.1, 0.15) is 6.20 Å². The maximum absolute atomic E-state index is 3.87. The molecular formula is C6H9ClN2. The second-order valence-corrected chi connectivity index (χ2v) is 1.60. The topological polar surface area (TPSA) is 15.4 Å². The normalized spacial score (nSPS) is 18.6. The van der Waals surface area contributed by atoms with E-state index >= 15 is 0 Å². The van der Waals surface area contributed by atoms with Crippen LogP contribution in [0.4, 0.5) is 0 Å². The Morgan fingerprint density at radius 2 is 2.44 bits per heavy atom. The summed E-state index contributed by atoms with van der Waals surface area (Å²) in [5.74, 6) is 0. The van der Waals surface area contributed by atoms with Gasteiger partial charge in [-0.25, -0.2) is 4.58 Å². The Kier molecular flexibility index (Phi) is 3.97. The van der Waals surface area contributed by atoms with Gasteiger partial charge in [0.25, 0.3) is 6.34 Å². The van der Waals surface area contributed by atoms with Crippen LogP contribution in [0.1, 0.15) is 13.3 Å². The van der Waals surface area contributed by atoms with E-state index in [4.69, 9.17) is 0 Å². The Balaban J connectivity index is 0.000000640. The van der Waals surface area contributed by atoms with Crippen molar-refractivity contribution >= 4 is 12.6 Å². The minimum Gasteiger partial charge on any atom is -1.00 e. The molecule has 1 aliphatic rings. The molecule has 0 N–H and O–H groups in total. The Hall–Kier alpha value is -0.630. The van der Waals surface area contributed by atoms with Crippen LogP contribution >= 0.6 is 0 Å². The maximum Gasteiger partial charge on any atom is 0.290 e. The van der Waals surface area contributed by atoms with Gasteiger partial charge in [-0.1, -0.05) is 11.9 Å². The standard InChI is InChI=1S/C6H9N2.ClH/c1-2-4-8-5-3-7-6-8;/h3-6H,2H2,1H3;1H/q+1;/p-1. The van der Waals surface area contributed by atoms with Crippen molar-refractivity contribution in [1.82, 2.24) is 0 Å². The number of hydrogen-bond donors (Lipinski definition) is 0. The van der Waals surface area contributed by atoms with E-state index in [0.717, 1.165) is 6.42 Å². The predicted octanol–water partition coefficient (Wildman–Crippen LogP) is -2.00. The molecule has 1 rings (SSSR count). The second kappa shape index (κ2) is 4.27. The van der Waals surface area contributed by atoms with Crippen molar-refractivity contribution in [2.24, 2.45) is 4.99 Å². The van der Waals surface area contributed by atoms with Gasteiger partial charge in [-0.3, -0.25) is 0 Å². The van der Waals surface area contributed by atoms with E-state index in [1.807, 2.05) is 10.8 Å². The fourth-order valence-electron chi connectivity index (χ4n) is 0.588. The molecule has 1 aliphatic heterocycles. The smallest absolute Gasteiger partial charge is 0.290 e. The summed E-state index contributed by atoms with van der Waals surface area (Å²) in [7, 11) is 0. The third-order valence-corrected chi connectivity index (χ3v) is 0.918. The van der Waals surface area contributed by atoms with Crippen LogP contribution in [-0.2, 0) is 0 Å².